The van der Waals surface area contributed by atoms with Crippen LogP contribution in [0.5, 0.6) is 0 Å². The number of hydrogen-bond acceptors (Lipinski definition) is 3. The Kier molecular flexibility index (Phi) is 4.28. The topological polar surface area (TPSA) is 75.3 Å². The summed E-state index contributed by atoms with van der Waals surface area (Å²) >= 11 is 6.05. The fourth-order valence-corrected chi connectivity index (χ4v) is 3.34. The van der Waals surface area contributed by atoms with E-state index < -0.39 is 10.0 Å². The molecule has 0 spiro atoms. The summed E-state index contributed by atoms with van der Waals surface area (Å²) in [4.78, 5) is 12.3. The maximum absolute atomic E-state index is 12.3. The Balaban J connectivity index is 1.84. The fraction of sp³-hybridized carbons (Fsp3) is 0.188. The Hall–Kier alpha value is -2.05. The van der Waals surface area contributed by atoms with Gasteiger partial charge in [0.2, 0.25) is 0 Å². The number of carbonyl (C=O) groups is 1. The van der Waals surface area contributed by atoms with E-state index in [0.29, 0.717) is 5.69 Å². The van der Waals surface area contributed by atoms with Crippen molar-refractivity contribution in [3.05, 3.63) is 59.1 Å². The highest BCUT2D eigenvalue weighted by atomic mass is 35.5. The van der Waals surface area contributed by atoms with Crippen LogP contribution in [0.4, 0.5) is 5.69 Å². The van der Waals surface area contributed by atoms with Gasteiger partial charge in [0.05, 0.1) is 15.5 Å². The molecule has 120 valence electrons. The molecule has 0 heterocycles. The van der Waals surface area contributed by atoms with E-state index in [-0.39, 0.29) is 27.4 Å². The van der Waals surface area contributed by atoms with Gasteiger partial charge in [-0.1, -0.05) is 29.8 Å². The number of hydrogen-bond donors (Lipinski definition) is 2. The van der Waals surface area contributed by atoms with Crippen LogP contribution in [0.15, 0.2) is 53.4 Å². The van der Waals surface area contributed by atoms with Gasteiger partial charge >= 0.3 is 0 Å². The largest absolute Gasteiger partial charge is 0.349 e. The number of benzene rings is 2. The van der Waals surface area contributed by atoms with E-state index in [2.05, 4.69) is 10.0 Å². The molecule has 1 amide bonds. The number of sulfonamides is 1. The van der Waals surface area contributed by atoms with Crippen LogP contribution in [0.25, 0.3) is 0 Å². The van der Waals surface area contributed by atoms with Crippen molar-refractivity contribution < 1.29 is 13.2 Å². The number of halogens is 1. The third-order valence-electron chi connectivity index (χ3n) is 3.43. The van der Waals surface area contributed by atoms with Crippen molar-refractivity contribution in [1.82, 2.24) is 5.32 Å². The molecule has 1 fully saturated rings. The molecule has 7 heteroatoms. The van der Waals surface area contributed by atoms with Crippen LogP contribution < -0.4 is 10.0 Å². The molecule has 0 bridgehead atoms. The molecule has 2 N–H and O–H groups in total. The lowest BCUT2D eigenvalue weighted by molar-refractivity contribution is 0.0951. The maximum Gasteiger partial charge on any atom is 0.261 e. The van der Waals surface area contributed by atoms with Gasteiger partial charge in [-0.3, -0.25) is 9.52 Å². The van der Waals surface area contributed by atoms with Crippen molar-refractivity contribution in [2.45, 2.75) is 23.8 Å². The first-order chi connectivity index (χ1) is 11.0. The summed E-state index contributed by atoms with van der Waals surface area (Å²) in [6.45, 7) is 0. The Morgan fingerprint density at radius 1 is 1.09 bits per heavy atom. The van der Waals surface area contributed by atoms with Gasteiger partial charge in [0, 0.05) is 11.7 Å². The second kappa shape index (κ2) is 6.22. The average Bonchev–Trinajstić information content (AvgIpc) is 3.34. The molecule has 1 saturated carbocycles. The predicted molar refractivity (Wildman–Crippen MR) is 89.2 cm³/mol. The second-order valence-corrected chi connectivity index (χ2v) is 7.45. The molecule has 2 aromatic carbocycles. The molecule has 1 aliphatic rings. The summed E-state index contributed by atoms with van der Waals surface area (Å²) in [5, 5.41) is 3.12. The highest BCUT2D eigenvalue weighted by Gasteiger charge is 2.25. The van der Waals surface area contributed by atoms with Crippen molar-refractivity contribution in [3.63, 3.8) is 0 Å². The molecular formula is C16H15ClN2O3S. The smallest absolute Gasteiger partial charge is 0.261 e. The third kappa shape index (κ3) is 3.83. The van der Waals surface area contributed by atoms with Crippen molar-refractivity contribution in [2.75, 3.05) is 4.72 Å². The molecule has 2 aromatic rings. The van der Waals surface area contributed by atoms with Crippen LogP contribution in [-0.2, 0) is 10.0 Å². The van der Waals surface area contributed by atoms with Gasteiger partial charge in [0.1, 0.15) is 0 Å². The molecule has 1 aliphatic carbocycles. The lowest BCUT2D eigenvalue weighted by atomic mass is 10.2. The first-order valence-corrected chi connectivity index (χ1v) is 9.00. The third-order valence-corrected chi connectivity index (χ3v) is 5.16. The summed E-state index contributed by atoms with van der Waals surface area (Å²) in [6.07, 6.45) is 1.92. The monoisotopic (exact) mass is 350 g/mol. The molecule has 0 aliphatic heterocycles. The molecule has 0 atom stereocenters. The Bertz CT molecular complexity index is 834. The van der Waals surface area contributed by atoms with Crippen molar-refractivity contribution in [2.24, 2.45) is 0 Å². The van der Waals surface area contributed by atoms with E-state index in [4.69, 9.17) is 11.6 Å². The van der Waals surface area contributed by atoms with Crippen LogP contribution in [0.1, 0.15) is 23.2 Å². The van der Waals surface area contributed by atoms with Crippen LogP contribution in [0.2, 0.25) is 5.02 Å². The summed E-state index contributed by atoms with van der Waals surface area (Å²) in [5.74, 6) is -0.293. The fourth-order valence-electron chi connectivity index (χ4n) is 2.07. The maximum atomic E-state index is 12.3. The molecule has 5 nitrogen and oxygen atoms in total. The number of carbonyl (C=O) groups excluding carboxylic acids is 1. The number of anilines is 1. The lowest BCUT2D eigenvalue weighted by Crippen LogP contribution is -2.25. The Morgan fingerprint density at radius 2 is 1.78 bits per heavy atom. The Morgan fingerprint density at radius 3 is 2.43 bits per heavy atom. The first kappa shape index (κ1) is 15.8. The number of amides is 1. The lowest BCUT2D eigenvalue weighted by Gasteiger charge is -2.11. The van der Waals surface area contributed by atoms with E-state index >= 15 is 0 Å². The normalized spacial score (nSPS) is 14.3. The molecular weight excluding hydrogens is 336 g/mol. The van der Waals surface area contributed by atoms with Crippen molar-refractivity contribution in [1.29, 1.82) is 0 Å². The van der Waals surface area contributed by atoms with Crippen LogP contribution in [0, 0.1) is 0 Å². The van der Waals surface area contributed by atoms with Crippen LogP contribution in [0.3, 0.4) is 0 Å². The van der Waals surface area contributed by atoms with E-state index in [1.807, 2.05) is 0 Å². The van der Waals surface area contributed by atoms with Gasteiger partial charge in [0.15, 0.2) is 0 Å². The highest BCUT2D eigenvalue weighted by Crippen LogP contribution is 2.25. The molecule has 0 radical (unpaired) electrons. The summed E-state index contributed by atoms with van der Waals surface area (Å²) in [7, 11) is -3.70. The zero-order valence-electron chi connectivity index (χ0n) is 12.1. The summed E-state index contributed by atoms with van der Waals surface area (Å²) in [5.41, 5.74) is 0.547. The number of nitrogens with one attached hydrogen (secondary N) is 2. The van der Waals surface area contributed by atoms with Crippen LogP contribution in [-0.4, -0.2) is 20.4 Å². The van der Waals surface area contributed by atoms with Gasteiger partial charge in [-0.15, -0.1) is 0 Å². The predicted octanol–water partition coefficient (Wildman–Crippen LogP) is 3.03. The molecule has 3 rings (SSSR count). The first-order valence-electron chi connectivity index (χ1n) is 7.14. The summed E-state index contributed by atoms with van der Waals surface area (Å²) in [6, 6.07) is 12.7. The van der Waals surface area contributed by atoms with Crippen molar-refractivity contribution >= 4 is 33.2 Å². The standard InChI is InChI=1S/C16H15ClN2O3S/c17-15-9-8-12(10-14(15)16(20)18-11-6-7-11)19-23(21,22)13-4-2-1-3-5-13/h1-5,8-11,19H,6-7H2,(H,18,20). The average molecular weight is 351 g/mol. The minimum Gasteiger partial charge on any atom is -0.349 e. The van der Waals surface area contributed by atoms with Gasteiger partial charge in [0.25, 0.3) is 15.9 Å². The van der Waals surface area contributed by atoms with Gasteiger partial charge in [-0.25, -0.2) is 8.42 Å². The second-order valence-electron chi connectivity index (χ2n) is 5.36. The number of rotatable bonds is 5. The SMILES string of the molecule is O=C(NC1CC1)c1cc(NS(=O)(=O)c2ccccc2)ccc1Cl. The molecule has 0 saturated heterocycles. The van der Waals surface area contributed by atoms with E-state index in [1.165, 1.54) is 30.3 Å². The van der Waals surface area contributed by atoms with Crippen LogP contribution >= 0.6 is 11.6 Å². The minimum atomic E-state index is -3.70. The zero-order chi connectivity index (χ0) is 16.4. The van der Waals surface area contributed by atoms with E-state index in [9.17, 15) is 13.2 Å². The molecule has 0 aromatic heterocycles. The van der Waals surface area contributed by atoms with Gasteiger partial charge < -0.3 is 5.32 Å². The van der Waals surface area contributed by atoms with Gasteiger partial charge in [-0.2, -0.15) is 0 Å². The minimum absolute atomic E-state index is 0.152. The Labute approximate surface area is 139 Å². The zero-order valence-corrected chi connectivity index (χ0v) is 13.7. The van der Waals surface area contributed by atoms with Crippen molar-refractivity contribution in [3.8, 4) is 0 Å². The quantitative estimate of drug-likeness (QED) is 0.870. The van der Waals surface area contributed by atoms with Gasteiger partial charge in [-0.05, 0) is 43.2 Å². The highest BCUT2D eigenvalue weighted by molar-refractivity contribution is 7.92. The van der Waals surface area contributed by atoms with E-state index in [0.717, 1.165) is 12.8 Å². The molecule has 23 heavy (non-hydrogen) atoms. The summed E-state index contributed by atoms with van der Waals surface area (Å²) < 4.78 is 27.1. The van der Waals surface area contributed by atoms with E-state index in [1.54, 1.807) is 18.2 Å². The molecule has 0 unspecified atom stereocenters.